The molecule has 16 aromatic rings. The number of fused-ring (bicyclic) bond motifs is 1. The molecular weight excluding hydrogens is 1790 g/mol. The van der Waals surface area contributed by atoms with Gasteiger partial charge in [-0.15, -0.1) is 215 Å². The van der Waals surface area contributed by atoms with Gasteiger partial charge < -0.3 is 29.9 Å². The molecule has 0 saturated carbocycles. The van der Waals surface area contributed by atoms with Crippen molar-refractivity contribution in [3.63, 3.8) is 0 Å². The van der Waals surface area contributed by atoms with Crippen molar-refractivity contribution in [3.05, 3.63) is 411 Å². The van der Waals surface area contributed by atoms with Crippen molar-refractivity contribution in [1.82, 2.24) is 29.9 Å². The monoisotopic (exact) mass is 1870 g/mol. The Bertz CT molecular complexity index is 5000. The van der Waals surface area contributed by atoms with Crippen LogP contribution in [0.5, 0.6) is 0 Å². The summed E-state index contributed by atoms with van der Waals surface area (Å²) in [6, 6.07) is 127. The van der Waals surface area contributed by atoms with Crippen LogP contribution in [0.1, 0.15) is 35.0 Å². The molecule has 6 nitrogen and oxygen atoms in total. The van der Waals surface area contributed by atoms with Crippen LogP contribution in [0.4, 0.5) is 0 Å². The van der Waals surface area contributed by atoms with Gasteiger partial charge in [0.05, 0.1) is 0 Å². The number of aryl methyl sites for hydroxylation is 5. The molecule has 0 saturated heterocycles. The van der Waals surface area contributed by atoms with Gasteiger partial charge in [-0.25, -0.2) is 0 Å². The maximum Gasteiger partial charge on any atom is 0.0266 e. The zero-order chi connectivity index (χ0) is 68.9. The maximum atomic E-state index is 4.63. The molecule has 0 aliphatic heterocycles. The van der Waals surface area contributed by atoms with Gasteiger partial charge in [0, 0.05) is 113 Å². The second kappa shape index (κ2) is 41.3. The molecule has 513 valence electrons. The minimum Gasteiger partial charge on any atom is -0.305 e. The summed E-state index contributed by atoms with van der Waals surface area (Å²) in [6.07, 6.45) is 8.67. The molecule has 10 aromatic carbocycles. The fraction of sp³-hybridized carbons (Fsp3) is 0.0638. The molecule has 0 amide bonds. The smallest absolute Gasteiger partial charge is 0.0266 e. The van der Waals surface area contributed by atoms with E-state index in [2.05, 4.69) is 184 Å². The number of pyridine rings is 6. The predicted molar refractivity (Wildman–Crippen MR) is 413 cm³/mol. The summed E-state index contributed by atoms with van der Waals surface area (Å²) < 4.78 is 0. The number of aromatic nitrogens is 6. The molecule has 6 aromatic heterocycles. The van der Waals surface area contributed by atoms with Crippen LogP contribution < -0.4 is 0 Å². The van der Waals surface area contributed by atoms with Crippen molar-refractivity contribution in [3.8, 4) is 101 Å². The van der Waals surface area contributed by atoms with E-state index in [1.54, 1.807) is 6.20 Å². The molecule has 0 N–H and O–H groups in total. The van der Waals surface area contributed by atoms with E-state index in [1.807, 2.05) is 257 Å². The second-order valence-electron chi connectivity index (χ2n) is 23.3. The summed E-state index contributed by atoms with van der Waals surface area (Å²) in [5.74, 6) is 0. The van der Waals surface area contributed by atoms with Crippen molar-refractivity contribution in [2.45, 2.75) is 41.0 Å². The molecule has 0 spiro atoms. The average molecular weight is 1860 g/mol. The van der Waals surface area contributed by atoms with Gasteiger partial charge >= 0.3 is 0 Å². The number of rotatable bonds is 10. The molecule has 0 fully saturated rings. The fourth-order valence-corrected chi connectivity index (χ4v) is 11.0. The summed E-state index contributed by atoms with van der Waals surface area (Å²) in [5.41, 5.74) is 25.2. The zero-order valence-corrected chi connectivity index (χ0v) is 65.0. The summed E-state index contributed by atoms with van der Waals surface area (Å²) in [7, 11) is 0. The van der Waals surface area contributed by atoms with Gasteiger partial charge in [0.2, 0.25) is 0 Å². The number of nitrogens with zero attached hydrogens (tertiary/aromatic N) is 6. The van der Waals surface area contributed by atoms with Gasteiger partial charge in [0.15, 0.2) is 0 Å². The SMILES string of the molecule is CCc1cc(-c2[c-]cccc2)ncc1-c1ccccc1.Cc1cc(-c2[c-]cccc2)ncc1-c1ccc2ccccc2c1.Cc1cc(-c2[c-]cccc2)ncc1-c1ccccc1.Cc1cccc(-c2[c-]cccc2)n1.Cc1cccc(-c2[c-]cccc2)n1.[Ir].[Ir].[Ir].[c-]1ccccc1-c1ccccn1. The Morgan fingerprint density at radius 1 is 0.262 bits per heavy atom. The van der Waals surface area contributed by atoms with E-state index in [1.165, 1.54) is 60.8 Å². The van der Waals surface area contributed by atoms with Crippen LogP contribution in [0.3, 0.4) is 0 Å². The standard InChI is InChI=1S/C22H16N.C19H16N.C18H14N.2C12H10N.C11H8N.3Ir/c1-16-13-22(18-8-3-2-4-9-18)23-15-21(16)20-12-11-17-7-5-6-10-19(17)14-20;1-2-15-13-19(17-11-7-4-8-12-17)20-14-18(15)16-9-5-3-6-10-16;1-14-12-18(16-10-6-3-7-11-16)19-13-17(14)15-8-4-2-5-9-15;2*1-10-6-5-9-12(13-10)11-7-3-2-4-8-11;1-2-6-10(7-3-1)11-8-4-5-9-12-11;;;/h2-8,10-15H,1H3;3-11,13-14H,2H2,1H3;2-10,12-13H,1H3;2*2-7,9H,1H3;1-6,8-9H;;;/q6*-1;;;. The van der Waals surface area contributed by atoms with Crippen LogP contribution in [0.15, 0.2) is 346 Å². The van der Waals surface area contributed by atoms with Gasteiger partial charge in [-0.05, 0) is 137 Å². The Hall–Kier alpha value is -10.7. The molecule has 0 unspecified atom stereocenters. The van der Waals surface area contributed by atoms with E-state index in [-0.39, 0.29) is 60.3 Å². The Morgan fingerprint density at radius 2 is 0.612 bits per heavy atom. The molecule has 16 rings (SSSR count). The van der Waals surface area contributed by atoms with Gasteiger partial charge in [-0.1, -0.05) is 159 Å². The van der Waals surface area contributed by atoms with Gasteiger partial charge in [0.25, 0.3) is 0 Å². The van der Waals surface area contributed by atoms with Crippen molar-refractivity contribution in [2.75, 3.05) is 0 Å². The fourth-order valence-electron chi connectivity index (χ4n) is 11.0. The minimum atomic E-state index is 0. The third-order valence-electron chi connectivity index (χ3n) is 16.2. The van der Waals surface area contributed by atoms with Gasteiger partial charge in [0.1, 0.15) is 0 Å². The van der Waals surface area contributed by atoms with Crippen LogP contribution in [-0.4, -0.2) is 29.9 Å². The van der Waals surface area contributed by atoms with E-state index in [0.29, 0.717) is 0 Å². The maximum absolute atomic E-state index is 4.63. The molecule has 0 aliphatic carbocycles. The van der Waals surface area contributed by atoms with Gasteiger partial charge in [-0.2, -0.15) is 0 Å². The van der Waals surface area contributed by atoms with Crippen LogP contribution in [0.25, 0.3) is 112 Å². The Kier molecular flexibility index (Phi) is 31.3. The molecule has 0 aliphatic rings. The second-order valence-corrected chi connectivity index (χ2v) is 23.3. The van der Waals surface area contributed by atoms with Crippen molar-refractivity contribution in [2.24, 2.45) is 0 Å². The molecule has 0 bridgehead atoms. The van der Waals surface area contributed by atoms with E-state index >= 15 is 0 Å². The van der Waals surface area contributed by atoms with Crippen LogP contribution in [0, 0.1) is 64.1 Å². The Morgan fingerprint density at radius 3 is 1.00 bits per heavy atom. The third-order valence-corrected chi connectivity index (χ3v) is 16.2. The molecular formula is C94H74Ir3N6-6. The molecule has 3 radical (unpaired) electrons. The van der Waals surface area contributed by atoms with Crippen LogP contribution >= 0.6 is 0 Å². The number of hydrogen-bond acceptors (Lipinski definition) is 6. The summed E-state index contributed by atoms with van der Waals surface area (Å²) in [4.78, 5) is 26.8. The van der Waals surface area contributed by atoms with E-state index in [4.69, 9.17) is 0 Å². The van der Waals surface area contributed by atoms with Crippen LogP contribution in [-0.2, 0) is 66.7 Å². The van der Waals surface area contributed by atoms with E-state index in [9.17, 15) is 0 Å². The molecule has 9 heteroatoms. The number of benzene rings is 10. The van der Waals surface area contributed by atoms with Crippen LogP contribution in [0.2, 0.25) is 0 Å². The largest absolute Gasteiger partial charge is 0.305 e. The van der Waals surface area contributed by atoms with Crippen molar-refractivity contribution >= 4 is 10.8 Å². The minimum absolute atomic E-state index is 0. The van der Waals surface area contributed by atoms with E-state index in [0.717, 1.165) is 85.4 Å². The first-order valence-electron chi connectivity index (χ1n) is 33.4. The third kappa shape index (κ3) is 22.9. The molecule has 103 heavy (non-hydrogen) atoms. The molecule has 0 atom stereocenters. The normalized spacial score (nSPS) is 9.99. The average Bonchev–Trinajstić information content (AvgIpc) is 0.817. The summed E-state index contributed by atoms with van der Waals surface area (Å²) in [5, 5.41) is 2.52. The van der Waals surface area contributed by atoms with Crippen molar-refractivity contribution in [1.29, 1.82) is 0 Å². The number of hydrogen-bond donors (Lipinski definition) is 0. The van der Waals surface area contributed by atoms with E-state index < -0.39 is 0 Å². The molecule has 6 heterocycles. The summed E-state index contributed by atoms with van der Waals surface area (Å²) >= 11 is 0. The Labute approximate surface area is 648 Å². The Balaban J connectivity index is 0.000000158. The van der Waals surface area contributed by atoms with Gasteiger partial charge in [-0.3, -0.25) is 0 Å². The summed E-state index contributed by atoms with van der Waals surface area (Å²) in [6.45, 7) is 10.4. The predicted octanol–water partition coefficient (Wildman–Crippen LogP) is 23.2. The topological polar surface area (TPSA) is 77.3 Å². The first-order valence-corrected chi connectivity index (χ1v) is 33.4. The zero-order valence-electron chi connectivity index (χ0n) is 57.8. The quantitative estimate of drug-likeness (QED) is 0.127. The first kappa shape index (κ1) is 78.0. The van der Waals surface area contributed by atoms with Crippen molar-refractivity contribution < 1.29 is 60.3 Å². The first-order chi connectivity index (χ1) is 49.2.